The first kappa shape index (κ1) is 7.63. The molecule has 4 heteroatoms. The molecule has 0 radical (unpaired) electrons. The quantitative estimate of drug-likeness (QED) is 0.443. The second-order valence-corrected chi connectivity index (χ2v) is 2.42. The van der Waals surface area contributed by atoms with Gasteiger partial charge in [0.15, 0.2) is 5.60 Å². The molecule has 0 heterocycles. The molecule has 58 valence electrons. The van der Waals surface area contributed by atoms with Crippen molar-refractivity contribution in [1.82, 2.24) is 0 Å². The van der Waals surface area contributed by atoms with Crippen LogP contribution in [0.25, 0.3) is 0 Å². The van der Waals surface area contributed by atoms with Crippen molar-refractivity contribution in [3.63, 3.8) is 0 Å². The number of nitrogens with zero attached hydrogens (tertiary/aromatic N) is 1. The van der Waals surface area contributed by atoms with Crippen molar-refractivity contribution in [2.24, 2.45) is 0 Å². The first-order valence-electron chi connectivity index (χ1n) is 3.01. The normalized spacial score (nSPS) is 30.2. The molecular formula is C7H7NO3. The van der Waals surface area contributed by atoms with Crippen LogP contribution in [-0.2, 0) is 0 Å². The second-order valence-electron chi connectivity index (χ2n) is 2.42. The van der Waals surface area contributed by atoms with Crippen LogP contribution in [0, 0.1) is 11.3 Å². The van der Waals surface area contributed by atoms with Crippen molar-refractivity contribution >= 4 is 0 Å². The third-order valence-electron chi connectivity index (χ3n) is 1.35. The van der Waals surface area contributed by atoms with Crippen LogP contribution in [0.5, 0.6) is 0 Å². The van der Waals surface area contributed by atoms with Crippen LogP contribution in [0.1, 0.15) is 6.42 Å². The molecule has 0 bridgehead atoms. The topological polar surface area (TPSA) is 84.5 Å². The number of nitriles is 1. The third kappa shape index (κ3) is 1.51. The Kier molecular flexibility index (Phi) is 1.59. The van der Waals surface area contributed by atoms with Gasteiger partial charge in [0.25, 0.3) is 0 Å². The predicted octanol–water partition coefficient (Wildman–Crippen LogP) is 0.529. The molecule has 1 aliphatic carbocycles. The summed E-state index contributed by atoms with van der Waals surface area (Å²) in [5.74, 6) is -0.494. The summed E-state index contributed by atoms with van der Waals surface area (Å²) in [7, 11) is 0. The molecular weight excluding hydrogens is 146 g/mol. The van der Waals surface area contributed by atoms with E-state index < -0.39 is 5.60 Å². The molecule has 3 N–H and O–H groups in total. The fraction of sp³-hybridized carbons (Fsp3) is 0.286. The van der Waals surface area contributed by atoms with Gasteiger partial charge in [-0.05, 0) is 0 Å². The molecule has 0 amide bonds. The molecule has 1 unspecified atom stereocenters. The van der Waals surface area contributed by atoms with Gasteiger partial charge in [-0.3, -0.25) is 0 Å². The van der Waals surface area contributed by atoms with E-state index in [0.29, 0.717) is 0 Å². The first-order valence-corrected chi connectivity index (χ1v) is 3.01. The maximum Gasteiger partial charge on any atom is 0.180 e. The Bertz CT molecular complexity index is 274. The standard InChI is InChI=1S/C7H7NO3/c8-4-7(11)2-5(9)1-6(10)3-7/h1-2,9-11H,3H2. The van der Waals surface area contributed by atoms with E-state index in [2.05, 4.69) is 0 Å². The average Bonchev–Trinajstić information content (AvgIpc) is 1.84. The smallest absolute Gasteiger partial charge is 0.180 e. The van der Waals surface area contributed by atoms with Crippen molar-refractivity contribution in [2.45, 2.75) is 12.0 Å². The largest absolute Gasteiger partial charge is 0.512 e. The maximum absolute atomic E-state index is 9.22. The number of hydrogen-bond acceptors (Lipinski definition) is 4. The number of aliphatic hydroxyl groups excluding tert-OH is 2. The van der Waals surface area contributed by atoms with Gasteiger partial charge >= 0.3 is 0 Å². The summed E-state index contributed by atoms with van der Waals surface area (Å²) in [5.41, 5.74) is -1.76. The molecule has 1 rings (SSSR count). The highest BCUT2D eigenvalue weighted by atomic mass is 16.3. The molecule has 0 saturated carbocycles. The van der Waals surface area contributed by atoms with Gasteiger partial charge in [-0.1, -0.05) is 0 Å². The van der Waals surface area contributed by atoms with Crippen molar-refractivity contribution in [3.8, 4) is 6.07 Å². The van der Waals surface area contributed by atoms with Crippen LogP contribution < -0.4 is 0 Å². The maximum atomic E-state index is 9.22. The summed E-state index contributed by atoms with van der Waals surface area (Å²) in [6, 6.07) is 1.56. The minimum Gasteiger partial charge on any atom is -0.512 e. The molecule has 0 spiro atoms. The molecule has 0 aliphatic heterocycles. The van der Waals surface area contributed by atoms with Crippen LogP contribution in [0.4, 0.5) is 0 Å². The zero-order valence-corrected chi connectivity index (χ0v) is 5.65. The van der Waals surface area contributed by atoms with Gasteiger partial charge in [-0.2, -0.15) is 5.26 Å². The van der Waals surface area contributed by atoms with E-state index in [-0.39, 0.29) is 17.9 Å². The van der Waals surface area contributed by atoms with Crippen molar-refractivity contribution in [1.29, 1.82) is 5.26 Å². The van der Waals surface area contributed by atoms with Gasteiger partial charge in [0.2, 0.25) is 0 Å². The molecule has 0 aromatic carbocycles. The molecule has 11 heavy (non-hydrogen) atoms. The lowest BCUT2D eigenvalue weighted by molar-refractivity contribution is 0.127. The Balaban J connectivity index is 2.98. The highest BCUT2D eigenvalue weighted by molar-refractivity contribution is 5.31. The molecule has 0 fully saturated rings. The zero-order chi connectivity index (χ0) is 8.48. The van der Waals surface area contributed by atoms with E-state index in [1.807, 2.05) is 0 Å². The van der Waals surface area contributed by atoms with Gasteiger partial charge in [-0.25, -0.2) is 0 Å². The van der Waals surface area contributed by atoms with Gasteiger partial charge in [0.1, 0.15) is 17.6 Å². The van der Waals surface area contributed by atoms with Crippen molar-refractivity contribution in [2.75, 3.05) is 0 Å². The number of rotatable bonds is 0. The minimum absolute atomic E-state index is 0.173. The van der Waals surface area contributed by atoms with Crippen molar-refractivity contribution < 1.29 is 15.3 Å². The SMILES string of the molecule is N#CC1(O)C=C(O)C=C(O)C1. The Labute approximate surface area is 63.3 Å². The molecule has 4 nitrogen and oxygen atoms in total. The second kappa shape index (κ2) is 2.29. The summed E-state index contributed by atoms with van der Waals surface area (Å²) >= 11 is 0. The van der Waals surface area contributed by atoms with E-state index in [1.54, 1.807) is 6.07 Å². The van der Waals surface area contributed by atoms with E-state index in [0.717, 1.165) is 12.2 Å². The van der Waals surface area contributed by atoms with E-state index >= 15 is 0 Å². The lowest BCUT2D eigenvalue weighted by atomic mass is 9.95. The lowest BCUT2D eigenvalue weighted by Crippen LogP contribution is -2.26. The van der Waals surface area contributed by atoms with E-state index in [4.69, 9.17) is 15.5 Å². The molecule has 0 aromatic heterocycles. The fourth-order valence-electron chi connectivity index (χ4n) is 0.907. The average molecular weight is 153 g/mol. The summed E-state index contributed by atoms with van der Waals surface area (Å²) in [4.78, 5) is 0. The van der Waals surface area contributed by atoms with Gasteiger partial charge < -0.3 is 15.3 Å². The number of hydrogen-bond donors (Lipinski definition) is 3. The Hall–Kier alpha value is -1.47. The van der Waals surface area contributed by atoms with Crippen molar-refractivity contribution in [3.05, 3.63) is 23.7 Å². The highest BCUT2D eigenvalue weighted by Gasteiger charge is 2.29. The Morgan fingerprint density at radius 3 is 2.64 bits per heavy atom. The summed E-state index contributed by atoms with van der Waals surface area (Å²) in [5, 5.41) is 35.4. The van der Waals surface area contributed by atoms with Crippen LogP contribution in [0.3, 0.4) is 0 Å². The summed E-state index contributed by atoms with van der Waals surface area (Å²) < 4.78 is 0. The Morgan fingerprint density at radius 1 is 1.55 bits per heavy atom. The molecule has 1 atom stereocenters. The number of aliphatic hydroxyl groups is 3. The van der Waals surface area contributed by atoms with E-state index in [9.17, 15) is 5.11 Å². The fourth-order valence-corrected chi connectivity index (χ4v) is 0.907. The summed E-state index contributed by atoms with van der Waals surface area (Å²) in [6.07, 6.45) is 1.91. The minimum atomic E-state index is -1.76. The third-order valence-corrected chi connectivity index (χ3v) is 1.35. The Morgan fingerprint density at radius 2 is 2.18 bits per heavy atom. The molecule has 0 saturated heterocycles. The van der Waals surface area contributed by atoms with Crippen LogP contribution in [0.15, 0.2) is 23.7 Å². The zero-order valence-electron chi connectivity index (χ0n) is 5.65. The highest BCUT2D eigenvalue weighted by Crippen LogP contribution is 2.23. The van der Waals surface area contributed by atoms with Crippen LogP contribution in [0.2, 0.25) is 0 Å². The molecule has 0 aromatic rings. The van der Waals surface area contributed by atoms with Gasteiger partial charge in [0.05, 0.1) is 6.42 Å². The summed E-state index contributed by atoms with van der Waals surface area (Å²) in [6.45, 7) is 0. The van der Waals surface area contributed by atoms with Crippen LogP contribution in [-0.4, -0.2) is 20.9 Å². The number of allylic oxidation sites excluding steroid dienone is 1. The first-order chi connectivity index (χ1) is 5.06. The molecule has 1 aliphatic rings. The van der Waals surface area contributed by atoms with E-state index in [1.165, 1.54) is 0 Å². The van der Waals surface area contributed by atoms with Gasteiger partial charge in [0, 0.05) is 12.2 Å². The van der Waals surface area contributed by atoms with Gasteiger partial charge in [-0.15, -0.1) is 0 Å². The van der Waals surface area contributed by atoms with Crippen LogP contribution >= 0.6 is 0 Å². The lowest BCUT2D eigenvalue weighted by Gasteiger charge is -2.18. The predicted molar refractivity (Wildman–Crippen MR) is 36.6 cm³/mol. The monoisotopic (exact) mass is 153 g/mol.